The molecule has 1 aliphatic rings. The molecule has 7 nitrogen and oxygen atoms in total. The number of ether oxygens (including phenoxy) is 2. The zero-order valence-corrected chi connectivity index (χ0v) is 20.2. The van der Waals surface area contributed by atoms with Crippen molar-refractivity contribution in [2.24, 2.45) is 0 Å². The number of hydrogen-bond donors (Lipinski definition) is 2. The average Bonchev–Trinajstić information content (AvgIpc) is 2.83. The predicted molar refractivity (Wildman–Crippen MR) is 132 cm³/mol. The molecule has 0 aliphatic heterocycles. The SMILES string of the molecule is CCCN(CCO[C@H]1CCC[C@@H](OCc2cccc(C)c2C(=O)O)C1)C(=O)Nc1ccccc1. The van der Waals surface area contributed by atoms with Gasteiger partial charge in [-0.05, 0) is 62.3 Å². The molecule has 2 amide bonds. The van der Waals surface area contributed by atoms with E-state index in [9.17, 15) is 14.7 Å². The van der Waals surface area contributed by atoms with Crippen LogP contribution in [-0.2, 0) is 16.1 Å². The molecule has 2 atom stereocenters. The van der Waals surface area contributed by atoms with Crippen molar-refractivity contribution in [3.05, 3.63) is 65.2 Å². The highest BCUT2D eigenvalue weighted by atomic mass is 16.5. The van der Waals surface area contributed by atoms with E-state index >= 15 is 0 Å². The molecule has 0 bridgehead atoms. The third kappa shape index (κ3) is 7.57. The van der Waals surface area contributed by atoms with Crippen molar-refractivity contribution in [1.29, 1.82) is 0 Å². The monoisotopic (exact) mass is 468 g/mol. The molecule has 1 aliphatic carbocycles. The van der Waals surface area contributed by atoms with E-state index in [-0.39, 0.29) is 24.8 Å². The topological polar surface area (TPSA) is 88.1 Å². The summed E-state index contributed by atoms with van der Waals surface area (Å²) in [5.41, 5.74) is 2.55. The number of carbonyl (C=O) groups is 2. The number of aryl methyl sites for hydroxylation is 1. The van der Waals surface area contributed by atoms with Crippen LogP contribution in [0.25, 0.3) is 0 Å². The highest BCUT2D eigenvalue weighted by Crippen LogP contribution is 2.25. The maximum Gasteiger partial charge on any atom is 0.336 e. The number of nitrogens with one attached hydrogen (secondary N) is 1. The molecule has 0 saturated heterocycles. The van der Waals surface area contributed by atoms with E-state index in [0.717, 1.165) is 43.4 Å². The zero-order chi connectivity index (χ0) is 24.3. The fraction of sp³-hybridized carbons (Fsp3) is 0.481. The van der Waals surface area contributed by atoms with Crippen LogP contribution in [0.5, 0.6) is 0 Å². The highest BCUT2D eigenvalue weighted by molar-refractivity contribution is 5.91. The molecule has 184 valence electrons. The van der Waals surface area contributed by atoms with Gasteiger partial charge in [-0.15, -0.1) is 0 Å². The van der Waals surface area contributed by atoms with E-state index in [4.69, 9.17) is 9.47 Å². The number of aromatic carboxylic acids is 1. The van der Waals surface area contributed by atoms with E-state index in [1.807, 2.05) is 42.5 Å². The molecular formula is C27H36N2O5. The highest BCUT2D eigenvalue weighted by Gasteiger charge is 2.24. The number of carboxylic acids is 1. The summed E-state index contributed by atoms with van der Waals surface area (Å²) in [6, 6.07) is 14.8. The summed E-state index contributed by atoms with van der Waals surface area (Å²) in [5.74, 6) is -0.922. The second-order valence-corrected chi connectivity index (χ2v) is 8.79. The van der Waals surface area contributed by atoms with Crippen LogP contribution in [0.4, 0.5) is 10.5 Å². The van der Waals surface area contributed by atoms with E-state index in [2.05, 4.69) is 12.2 Å². The van der Waals surface area contributed by atoms with Gasteiger partial charge >= 0.3 is 12.0 Å². The van der Waals surface area contributed by atoms with Gasteiger partial charge in [-0.25, -0.2) is 9.59 Å². The van der Waals surface area contributed by atoms with Crippen LogP contribution in [0.2, 0.25) is 0 Å². The maximum absolute atomic E-state index is 12.7. The Bertz CT molecular complexity index is 934. The van der Waals surface area contributed by atoms with E-state index in [1.54, 1.807) is 17.9 Å². The third-order valence-electron chi connectivity index (χ3n) is 6.15. The van der Waals surface area contributed by atoms with Crippen LogP contribution in [0.1, 0.15) is 60.5 Å². The van der Waals surface area contributed by atoms with Gasteiger partial charge in [-0.2, -0.15) is 0 Å². The number of carboxylic acid groups (broad SMARTS) is 1. The Morgan fingerprint density at radius 2 is 1.76 bits per heavy atom. The summed E-state index contributed by atoms with van der Waals surface area (Å²) in [7, 11) is 0. The molecule has 2 aromatic rings. The molecule has 0 unspecified atom stereocenters. The van der Waals surface area contributed by atoms with Crippen LogP contribution in [0.15, 0.2) is 48.5 Å². The molecule has 3 rings (SSSR count). The Morgan fingerprint density at radius 1 is 1.03 bits per heavy atom. The van der Waals surface area contributed by atoms with Crippen LogP contribution in [-0.4, -0.2) is 53.9 Å². The molecule has 0 spiro atoms. The second kappa shape index (κ2) is 13.1. The quantitative estimate of drug-likeness (QED) is 0.456. The molecule has 34 heavy (non-hydrogen) atoms. The third-order valence-corrected chi connectivity index (χ3v) is 6.15. The Morgan fingerprint density at radius 3 is 2.47 bits per heavy atom. The lowest BCUT2D eigenvalue weighted by Gasteiger charge is -2.30. The van der Waals surface area contributed by atoms with Gasteiger partial charge in [0.1, 0.15) is 0 Å². The molecule has 2 aromatic carbocycles. The zero-order valence-electron chi connectivity index (χ0n) is 20.2. The lowest BCUT2D eigenvalue weighted by Crippen LogP contribution is -2.39. The normalized spacial score (nSPS) is 17.8. The van der Waals surface area contributed by atoms with Crippen molar-refractivity contribution in [2.75, 3.05) is 25.0 Å². The largest absolute Gasteiger partial charge is 0.478 e. The van der Waals surface area contributed by atoms with E-state index < -0.39 is 5.97 Å². The summed E-state index contributed by atoms with van der Waals surface area (Å²) in [5, 5.41) is 12.5. The number of carbonyl (C=O) groups excluding carboxylic acids is 1. The lowest BCUT2D eigenvalue weighted by molar-refractivity contribution is -0.0522. The summed E-state index contributed by atoms with van der Waals surface area (Å²) >= 11 is 0. The number of amides is 2. The van der Waals surface area contributed by atoms with Gasteiger partial charge in [-0.3, -0.25) is 0 Å². The smallest absolute Gasteiger partial charge is 0.336 e. The van der Waals surface area contributed by atoms with Crippen molar-refractivity contribution < 1.29 is 24.2 Å². The first-order valence-corrected chi connectivity index (χ1v) is 12.1. The lowest BCUT2D eigenvalue weighted by atomic mass is 9.94. The van der Waals surface area contributed by atoms with Gasteiger partial charge in [0, 0.05) is 18.8 Å². The van der Waals surface area contributed by atoms with Gasteiger partial charge in [0.15, 0.2) is 0 Å². The molecular weight excluding hydrogens is 432 g/mol. The van der Waals surface area contributed by atoms with E-state index in [1.165, 1.54) is 0 Å². The van der Waals surface area contributed by atoms with Gasteiger partial charge < -0.3 is 24.8 Å². The number of para-hydroxylation sites is 1. The number of rotatable bonds is 11. The fourth-order valence-corrected chi connectivity index (χ4v) is 4.41. The Labute approximate surface area is 202 Å². The van der Waals surface area contributed by atoms with Crippen LogP contribution >= 0.6 is 0 Å². The van der Waals surface area contributed by atoms with Gasteiger partial charge in [0.05, 0.1) is 31.0 Å². The molecule has 7 heteroatoms. The van der Waals surface area contributed by atoms with Crippen molar-refractivity contribution in [2.45, 2.75) is 64.8 Å². The van der Waals surface area contributed by atoms with Crippen LogP contribution in [0.3, 0.4) is 0 Å². The summed E-state index contributed by atoms with van der Waals surface area (Å²) < 4.78 is 12.2. The average molecular weight is 469 g/mol. The first-order chi connectivity index (χ1) is 16.5. The number of hydrogen-bond acceptors (Lipinski definition) is 4. The molecule has 0 heterocycles. The van der Waals surface area contributed by atoms with Crippen LogP contribution < -0.4 is 5.32 Å². The second-order valence-electron chi connectivity index (χ2n) is 8.79. The number of anilines is 1. The van der Waals surface area contributed by atoms with Crippen LogP contribution in [0, 0.1) is 6.92 Å². The Balaban J connectivity index is 1.46. The van der Waals surface area contributed by atoms with Crippen molar-refractivity contribution >= 4 is 17.7 Å². The molecule has 2 N–H and O–H groups in total. The first-order valence-electron chi connectivity index (χ1n) is 12.1. The standard InChI is InChI=1S/C27H36N2O5/c1-3-15-29(27(32)28-22-11-5-4-6-12-22)16-17-33-23-13-8-14-24(18-23)34-19-21-10-7-9-20(2)25(21)26(30)31/h4-7,9-12,23-24H,3,8,13-19H2,1-2H3,(H,28,32)(H,30,31)/t23-,24+/m0/s1. The fourth-order valence-electron chi connectivity index (χ4n) is 4.41. The summed E-state index contributed by atoms with van der Waals surface area (Å²) in [6.07, 6.45) is 4.67. The predicted octanol–water partition coefficient (Wildman–Crippen LogP) is 5.48. The van der Waals surface area contributed by atoms with E-state index in [0.29, 0.717) is 30.8 Å². The minimum absolute atomic E-state index is 0.0361. The number of nitrogens with zero attached hydrogens (tertiary/aromatic N) is 1. The van der Waals surface area contributed by atoms with Crippen molar-refractivity contribution in [3.63, 3.8) is 0 Å². The van der Waals surface area contributed by atoms with Crippen molar-refractivity contribution in [3.8, 4) is 0 Å². The maximum atomic E-state index is 12.7. The van der Waals surface area contributed by atoms with Gasteiger partial charge in [-0.1, -0.05) is 43.3 Å². The molecule has 1 fully saturated rings. The van der Waals surface area contributed by atoms with Crippen molar-refractivity contribution in [1.82, 2.24) is 4.90 Å². The first kappa shape index (κ1) is 25.7. The molecule has 1 saturated carbocycles. The van der Waals surface area contributed by atoms with Gasteiger partial charge in [0.25, 0.3) is 0 Å². The molecule has 0 aromatic heterocycles. The molecule has 0 radical (unpaired) electrons. The minimum Gasteiger partial charge on any atom is -0.478 e. The number of benzene rings is 2. The summed E-state index contributed by atoms with van der Waals surface area (Å²) in [4.78, 5) is 26.0. The summed E-state index contributed by atoms with van der Waals surface area (Å²) in [6.45, 7) is 5.81. The van der Waals surface area contributed by atoms with Gasteiger partial charge in [0.2, 0.25) is 0 Å². The minimum atomic E-state index is -0.922. The Hall–Kier alpha value is -2.90. The number of urea groups is 1. The Kier molecular flexibility index (Phi) is 9.91.